The Bertz CT molecular complexity index is 978. The van der Waals surface area contributed by atoms with Crippen LogP contribution in [0.2, 0.25) is 0 Å². The van der Waals surface area contributed by atoms with Gasteiger partial charge in [-0.25, -0.2) is 19.3 Å². The second kappa shape index (κ2) is 7.72. The SMILES string of the molecule is Cc1ccc(NC(=O)C2CCCN2c2ccccn2)cc1-c1ncc(F)cn1. The minimum atomic E-state index is -0.485. The molecule has 0 spiro atoms. The number of carbonyl (C=O) groups excluding carboxylic acids is 1. The van der Waals surface area contributed by atoms with E-state index in [1.165, 1.54) is 0 Å². The van der Waals surface area contributed by atoms with E-state index < -0.39 is 5.82 Å². The van der Waals surface area contributed by atoms with Gasteiger partial charge in [0.15, 0.2) is 11.6 Å². The van der Waals surface area contributed by atoms with Gasteiger partial charge in [-0.2, -0.15) is 0 Å². The summed E-state index contributed by atoms with van der Waals surface area (Å²) >= 11 is 0. The zero-order valence-corrected chi connectivity index (χ0v) is 15.5. The Hall–Kier alpha value is -3.35. The van der Waals surface area contributed by atoms with E-state index in [1.807, 2.05) is 48.2 Å². The molecule has 3 heterocycles. The monoisotopic (exact) mass is 377 g/mol. The van der Waals surface area contributed by atoms with Gasteiger partial charge >= 0.3 is 0 Å². The van der Waals surface area contributed by atoms with E-state index in [-0.39, 0.29) is 11.9 Å². The van der Waals surface area contributed by atoms with Crippen molar-refractivity contribution in [1.82, 2.24) is 15.0 Å². The van der Waals surface area contributed by atoms with Crippen LogP contribution in [0, 0.1) is 12.7 Å². The third-order valence-electron chi connectivity index (χ3n) is 4.87. The standard InChI is InChI=1S/C21H20FN5O/c1-14-7-8-16(11-17(14)20-24-12-15(22)13-25-20)26-21(28)18-5-4-10-27(18)19-6-2-3-9-23-19/h2-3,6-9,11-13,18H,4-5,10H2,1H3,(H,26,28). The van der Waals surface area contributed by atoms with Crippen LogP contribution in [0.25, 0.3) is 11.4 Å². The molecular formula is C21H20FN5O. The Labute approximate surface area is 162 Å². The Morgan fingerprint density at radius 2 is 2.00 bits per heavy atom. The zero-order valence-electron chi connectivity index (χ0n) is 15.5. The number of hydrogen-bond acceptors (Lipinski definition) is 5. The molecule has 28 heavy (non-hydrogen) atoms. The molecule has 2 aromatic heterocycles. The molecule has 0 saturated carbocycles. The number of carbonyl (C=O) groups is 1. The fourth-order valence-electron chi connectivity index (χ4n) is 3.45. The van der Waals surface area contributed by atoms with Crippen molar-refractivity contribution in [1.29, 1.82) is 0 Å². The average Bonchev–Trinajstić information content (AvgIpc) is 3.21. The highest BCUT2D eigenvalue weighted by Gasteiger charge is 2.31. The first-order valence-electron chi connectivity index (χ1n) is 9.19. The Balaban J connectivity index is 1.55. The van der Waals surface area contributed by atoms with Crippen LogP contribution in [-0.4, -0.2) is 33.4 Å². The molecule has 1 aliphatic rings. The van der Waals surface area contributed by atoms with E-state index >= 15 is 0 Å². The Morgan fingerprint density at radius 3 is 2.75 bits per heavy atom. The summed E-state index contributed by atoms with van der Waals surface area (Å²) in [5, 5.41) is 2.99. The van der Waals surface area contributed by atoms with Crippen molar-refractivity contribution in [3.05, 3.63) is 66.4 Å². The number of benzene rings is 1. The largest absolute Gasteiger partial charge is 0.345 e. The lowest BCUT2D eigenvalue weighted by Crippen LogP contribution is -2.40. The molecule has 0 radical (unpaired) electrons. The number of nitrogens with zero attached hydrogens (tertiary/aromatic N) is 4. The lowest BCUT2D eigenvalue weighted by Gasteiger charge is -2.25. The number of halogens is 1. The molecule has 6 nitrogen and oxygen atoms in total. The quantitative estimate of drug-likeness (QED) is 0.752. The van der Waals surface area contributed by atoms with E-state index in [0.717, 1.165) is 48.7 Å². The van der Waals surface area contributed by atoms with Crippen molar-refractivity contribution in [2.45, 2.75) is 25.8 Å². The Morgan fingerprint density at radius 1 is 1.18 bits per heavy atom. The van der Waals surface area contributed by atoms with Crippen LogP contribution in [0.4, 0.5) is 15.9 Å². The number of rotatable bonds is 4. The number of aryl methyl sites for hydroxylation is 1. The predicted molar refractivity (Wildman–Crippen MR) is 105 cm³/mol. The summed E-state index contributed by atoms with van der Waals surface area (Å²) < 4.78 is 13.1. The molecule has 4 rings (SSSR count). The summed E-state index contributed by atoms with van der Waals surface area (Å²) in [6.07, 6.45) is 5.73. The van der Waals surface area contributed by atoms with Crippen LogP contribution in [0.5, 0.6) is 0 Å². The molecule has 1 fully saturated rings. The van der Waals surface area contributed by atoms with Gasteiger partial charge < -0.3 is 10.2 Å². The number of aromatic nitrogens is 3. The van der Waals surface area contributed by atoms with Crippen LogP contribution in [0.1, 0.15) is 18.4 Å². The summed E-state index contributed by atoms with van der Waals surface area (Å²) in [5.74, 6) is 0.676. The first kappa shape index (κ1) is 18.0. The fraction of sp³-hybridized carbons (Fsp3) is 0.238. The number of pyridine rings is 1. The van der Waals surface area contributed by atoms with E-state index in [2.05, 4.69) is 20.3 Å². The highest BCUT2D eigenvalue weighted by Crippen LogP contribution is 2.27. The molecule has 7 heteroatoms. The average molecular weight is 377 g/mol. The minimum absolute atomic E-state index is 0.0713. The molecular weight excluding hydrogens is 357 g/mol. The minimum Gasteiger partial charge on any atom is -0.345 e. The van der Waals surface area contributed by atoms with Gasteiger partial charge in [-0.3, -0.25) is 4.79 Å². The number of nitrogens with one attached hydrogen (secondary N) is 1. The van der Waals surface area contributed by atoms with Gasteiger partial charge in [-0.15, -0.1) is 0 Å². The van der Waals surface area contributed by atoms with Gasteiger partial charge in [0.2, 0.25) is 5.91 Å². The zero-order chi connectivity index (χ0) is 19.5. The number of amides is 1. The third kappa shape index (κ3) is 3.69. The normalized spacial score (nSPS) is 16.2. The maximum Gasteiger partial charge on any atom is 0.247 e. The lowest BCUT2D eigenvalue weighted by atomic mass is 10.1. The first-order valence-corrected chi connectivity index (χ1v) is 9.19. The molecule has 1 aromatic carbocycles. The number of anilines is 2. The summed E-state index contributed by atoms with van der Waals surface area (Å²) in [5.41, 5.74) is 2.36. The highest BCUT2D eigenvalue weighted by molar-refractivity contribution is 5.97. The molecule has 1 aliphatic heterocycles. The topological polar surface area (TPSA) is 71.0 Å². The van der Waals surface area contributed by atoms with Crippen LogP contribution in [0.15, 0.2) is 55.0 Å². The van der Waals surface area contributed by atoms with Crippen molar-refractivity contribution in [2.24, 2.45) is 0 Å². The van der Waals surface area contributed by atoms with Crippen molar-refractivity contribution in [3.63, 3.8) is 0 Å². The van der Waals surface area contributed by atoms with Crippen LogP contribution in [0.3, 0.4) is 0 Å². The molecule has 0 bridgehead atoms. The lowest BCUT2D eigenvalue weighted by molar-refractivity contribution is -0.117. The molecule has 1 N–H and O–H groups in total. The number of hydrogen-bond donors (Lipinski definition) is 1. The van der Waals surface area contributed by atoms with Gasteiger partial charge in [0, 0.05) is 24.0 Å². The summed E-state index contributed by atoms with van der Waals surface area (Å²) in [7, 11) is 0. The van der Waals surface area contributed by atoms with Gasteiger partial charge in [-0.05, 0) is 49.6 Å². The first-order chi connectivity index (χ1) is 13.6. The van der Waals surface area contributed by atoms with Crippen molar-refractivity contribution < 1.29 is 9.18 Å². The summed E-state index contributed by atoms with van der Waals surface area (Å²) in [6.45, 7) is 2.73. The van der Waals surface area contributed by atoms with Crippen molar-refractivity contribution in [2.75, 3.05) is 16.8 Å². The second-order valence-corrected chi connectivity index (χ2v) is 6.78. The van der Waals surface area contributed by atoms with Crippen LogP contribution >= 0.6 is 0 Å². The van der Waals surface area contributed by atoms with Crippen molar-refractivity contribution in [3.8, 4) is 11.4 Å². The van der Waals surface area contributed by atoms with E-state index in [4.69, 9.17) is 0 Å². The second-order valence-electron chi connectivity index (χ2n) is 6.78. The maximum absolute atomic E-state index is 13.1. The van der Waals surface area contributed by atoms with Gasteiger partial charge in [0.1, 0.15) is 11.9 Å². The molecule has 1 unspecified atom stereocenters. The molecule has 1 atom stereocenters. The summed E-state index contributed by atoms with van der Waals surface area (Å²) in [4.78, 5) is 27.4. The van der Waals surface area contributed by atoms with E-state index in [1.54, 1.807) is 6.20 Å². The van der Waals surface area contributed by atoms with Crippen LogP contribution < -0.4 is 10.2 Å². The fourth-order valence-corrected chi connectivity index (χ4v) is 3.45. The third-order valence-corrected chi connectivity index (χ3v) is 4.87. The van der Waals surface area contributed by atoms with Gasteiger partial charge in [0.05, 0.1) is 12.4 Å². The summed E-state index contributed by atoms with van der Waals surface area (Å²) in [6, 6.07) is 11.0. The highest BCUT2D eigenvalue weighted by atomic mass is 19.1. The Kier molecular flexibility index (Phi) is 4.97. The van der Waals surface area contributed by atoms with E-state index in [9.17, 15) is 9.18 Å². The predicted octanol–water partition coefficient (Wildman–Crippen LogP) is 3.59. The molecule has 1 amide bonds. The molecule has 3 aromatic rings. The van der Waals surface area contributed by atoms with Gasteiger partial charge in [0.25, 0.3) is 0 Å². The van der Waals surface area contributed by atoms with E-state index in [0.29, 0.717) is 11.5 Å². The molecule has 0 aliphatic carbocycles. The smallest absolute Gasteiger partial charge is 0.247 e. The van der Waals surface area contributed by atoms with Crippen LogP contribution in [-0.2, 0) is 4.79 Å². The van der Waals surface area contributed by atoms with Gasteiger partial charge in [-0.1, -0.05) is 12.1 Å². The maximum atomic E-state index is 13.1. The molecule has 142 valence electrons. The molecule has 1 saturated heterocycles. The van der Waals surface area contributed by atoms with Crippen molar-refractivity contribution >= 4 is 17.4 Å².